The highest BCUT2D eigenvalue weighted by Gasteiger charge is 2.34. The second-order valence-corrected chi connectivity index (χ2v) is 6.29. The molecule has 2 unspecified atom stereocenters. The van der Waals surface area contributed by atoms with Crippen LogP contribution in [0.2, 0.25) is 0 Å². The Morgan fingerprint density at radius 3 is 2.41 bits per heavy atom. The molecule has 1 aliphatic heterocycles. The number of carbonyl (C=O) groups is 2. The third-order valence-corrected chi connectivity index (χ3v) is 3.31. The van der Waals surface area contributed by atoms with Crippen LogP contribution in [0.1, 0.15) is 40.5 Å². The van der Waals surface area contributed by atoms with Crippen molar-refractivity contribution in [2.24, 2.45) is 17.3 Å². The molecule has 1 aliphatic rings. The van der Waals surface area contributed by atoms with Gasteiger partial charge in [-0.1, -0.05) is 27.7 Å². The van der Waals surface area contributed by atoms with E-state index in [0.717, 1.165) is 6.42 Å². The molecule has 1 fully saturated rings. The van der Waals surface area contributed by atoms with Gasteiger partial charge in [0.2, 0.25) is 5.91 Å². The van der Waals surface area contributed by atoms with Crippen molar-refractivity contribution in [3.8, 4) is 0 Å². The fourth-order valence-electron chi connectivity index (χ4n) is 2.18. The number of carboxylic acids is 1. The zero-order chi connectivity index (χ0) is 13.2. The number of rotatable bonds is 2. The molecule has 0 aromatic heterocycles. The maximum Gasteiger partial charge on any atom is 0.308 e. The van der Waals surface area contributed by atoms with Crippen molar-refractivity contribution in [3.63, 3.8) is 0 Å². The fourth-order valence-corrected chi connectivity index (χ4v) is 2.18. The molecular formula is C13H23NO3. The number of piperidine rings is 1. The first-order chi connectivity index (χ1) is 7.70. The quantitative estimate of drug-likeness (QED) is 0.804. The van der Waals surface area contributed by atoms with Gasteiger partial charge in [0.15, 0.2) is 0 Å². The molecule has 0 aromatic rings. The van der Waals surface area contributed by atoms with Crippen LogP contribution in [-0.4, -0.2) is 35.0 Å². The van der Waals surface area contributed by atoms with E-state index >= 15 is 0 Å². The molecule has 98 valence electrons. The normalized spacial score (nSPS) is 25.8. The molecular weight excluding hydrogens is 218 g/mol. The van der Waals surface area contributed by atoms with Crippen LogP contribution in [0, 0.1) is 17.3 Å². The first-order valence-electron chi connectivity index (χ1n) is 6.21. The van der Waals surface area contributed by atoms with E-state index in [9.17, 15) is 9.59 Å². The zero-order valence-corrected chi connectivity index (χ0v) is 11.2. The minimum Gasteiger partial charge on any atom is -0.481 e. The topological polar surface area (TPSA) is 57.6 Å². The minimum absolute atomic E-state index is 0.0428. The monoisotopic (exact) mass is 241 g/mol. The molecule has 2 atom stereocenters. The Morgan fingerprint density at radius 2 is 1.94 bits per heavy atom. The van der Waals surface area contributed by atoms with Crippen molar-refractivity contribution < 1.29 is 14.7 Å². The summed E-state index contributed by atoms with van der Waals surface area (Å²) in [4.78, 5) is 24.8. The van der Waals surface area contributed by atoms with Crippen molar-refractivity contribution in [1.82, 2.24) is 4.90 Å². The van der Waals surface area contributed by atoms with Crippen molar-refractivity contribution in [2.75, 3.05) is 13.1 Å². The summed E-state index contributed by atoms with van der Waals surface area (Å²) in [6.45, 7) is 9.07. The Bertz CT molecular complexity index is 306. The van der Waals surface area contributed by atoms with Gasteiger partial charge < -0.3 is 10.0 Å². The van der Waals surface area contributed by atoms with E-state index in [1.165, 1.54) is 0 Å². The summed E-state index contributed by atoms with van der Waals surface area (Å²) >= 11 is 0. The number of hydrogen-bond acceptors (Lipinski definition) is 2. The van der Waals surface area contributed by atoms with Crippen molar-refractivity contribution in [3.05, 3.63) is 0 Å². The summed E-state index contributed by atoms with van der Waals surface area (Å²) in [6.07, 6.45) is 1.26. The van der Waals surface area contributed by atoms with Crippen LogP contribution in [0.25, 0.3) is 0 Å². The Labute approximate surface area is 103 Å². The predicted molar refractivity (Wildman–Crippen MR) is 65.6 cm³/mol. The van der Waals surface area contributed by atoms with E-state index in [4.69, 9.17) is 5.11 Å². The zero-order valence-electron chi connectivity index (χ0n) is 11.2. The van der Waals surface area contributed by atoms with E-state index in [-0.39, 0.29) is 17.2 Å². The highest BCUT2D eigenvalue weighted by atomic mass is 16.4. The van der Waals surface area contributed by atoms with Gasteiger partial charge in [-0.15, -0.1) is 0 Å². The summed E-state index contributed by atoms with van der Waals surface area (Å²) in [6, 6.07) is 0. The molecule has 4 nitrogen and oxygen atoms in total. The van der Waals surface area contributed by atoms with Crippen molar-refractivity contribution >= 4 is 11.9 Å². The summed E-state index contributed by atoms with van der Waals surface area (Å²) in [5.41, 5.74) is -0.0428. The molecule has 4 heteroatoms. The lowest BCUT2D eigenvalue weighted by atomic mass is 9.86. The van der Waals surface area contributed by atoms with Gasteiger partial charge in [-0.2, -0.15) is 0 Å². The summed E-state index contributed by atoms with van der Waals surface area (Å²) in [7, 11) is 0. The van der Waals surface area contributed by atoms with Crippen LogP contribution in [-0.2, 0) is 9.59 Å². The van der Waals surface area contributed by atoms with Crippen LogP contribution >= 0.6 is 0 Å². The largest absolute Gasteiger partial charge is 0.481 e. The smallest absolute Gasteiger partial charge is 0.308 e. The lowest BCUT2D eigenvalue weighted by Gasteiger charge is -2.36. The van der Waals surface area contributed by atoms with Crippen LogP contribution in [0.5, 0.6) is 0 Å². The number of nitrogens with zero attached hydrogens (tertiary/aromatic N) is 1. The average molecular weight is 241 g/mol. The molecule has 1 heterocycles. The van der Waals surface area contributed by atoms with Gasteiger partial charge in [-0.3, -0.25) is 9.59 Å². The molecule has 1 rings (SSSR count). The maximum absolute atomic E-state index is 12.0. The third-order valence-electron chi connectivity index (χ3n) is 3.31. The first-order valence-corrected chi connectivity index (χ1v) is 6.21. The van der Waals surface area contributed by atoms with Gasteiger partial charge in [0, 0.05) is 19.5 Å². The Balaban J connectivity index is 2.62. The molecule has 0 aromatic carbocycles. The number of carboxylic acid groups (broad SMARTS) is 1. The van der Waals surface area contributed by atoms with Crippen LogP contribution < -0.4 is 0 Å². The van der Waals surface area contributed by atoms with E-state index < -0.39 is 11.9 Å². The molecule has 0 saturated carbocycles. The Morgan fingerprint density at radius 1 is 1.35 bits per heavy atom. The summed E-state index contributed by atoms with van der Waals surface area (Å²) in [5, 5.41) is 9.10. The number of hydrogen-bond donors (Lipinski definition) is 1. The Kier molecular flexibility index (Phi) is 4.17. The second-order valence-electron chi connectivity index (χ2n) is 6.29. The fraction of sp³-hybridized carbons (Fsp3) is 0.846. The lowest BCUT2D eigenvalue weighted by molar-refractivity contribution is -0.148. The standard InChI is InChI=1S/C13H23NO3/c1-9-5-6-14(8-10(9)12(16)17)11(15)7-13(2,3)4/h9-10H,5-8H2,1-4H3,(H,16,17). The molecule has 0 spiro atoms. The third kappa shape index (κ3) is 4.02. The van der Waals surface area contributed by atoms with Gasteiger partial charge in [0.05, 0.1) is 5.92 Å². The molecule has 0 aliphatic carbocycles. The maximum atomic E-state index is 12.0. The Hall–Kier alpha value is -1.06. The van der Waals surface area contributed by atoms with E-state index in [1.807, 2.05) is 27.7 Å². The van der Waals surface area contributed by atoms with E-state index in [1.54, 1.807) is 4.90 Å². The SMILES string of the molecule is CC1CCN(C(=O)CC(C)(C)C)CC1C(=O)O. The molecule has 1 amide bonds. The first kappa shape index (κ1) is 14.0. The van der Waals surface area contributed by atoms with Gasteiger partial charge in [0.1, 0.15) is 0 Å². The number of carbonyl (C=O) groups excluding carboxylic acids is 1. The van der Waals surface area contributed by atoms with Gasteiger partial charge >= 0.3 is 5.97 Å². The molecule has 0 radical (unpaired) electrons. The molecule has 17 heavy (non-hydrogen) atoms. The number of aliphatic carboxylic acids is 1. The van der Waals surface area contributed by atoms with Crippen molar-refractivity contribution in [2.45, 2.75) is 40.5 Å². The summed E-state index contributed by atoms with van der Waals surface area (Å²) in [5.74, 6) is -0.958. The summed E-state index contributed by atoms with van der Waals surface area (Å²) < 4.78 is 0. The molecule has 0 bridgehead atoms. The predicted octanol–water partition coefficient (Wildman–Crippen LogP) is 1.99. The van der Waals surface area contributed by atoms with Gasteiger partial charge in [-0.25, -0.2) is 0 Å². The van der Waals surface area contributed by atoms with Gasteiger partial charge in [0.25, 0.3) is 0 Å². The lowest BCUT2D eigenvalue weighted by Crippen LogP contribution is -2.46. The van der Waals surface area contributed by atoms with E-state index in [0.29, 0.717) is 19.5 Å². The van der Waals surface area contributed by atoms with Gasteiger partial charge in [-0.05, 0) is 17.8 Å². The minimum atomic E-state index is -0.786. The average Bonchev–Trinajstić information content (AvgIpc) is 2.14. The van der Waals surface area contributed by atoms with E-state index in [2.05, 4.69) is 0 Å². The van der Waals surface area contributed by atoms with Crippen LogP contribution in [0.3, 0.4) is 0 Å². The highest BCUT2D eigenvalue weighted by Crippen LogP contribution is 2.26. The van der Waals surface area contributed by atoms with Crippen LogP contribution in [0.15, 0.2) is 0 Å². The number of likely N-dealkylation sites (tertiary alicyclic amines) is 1. The molecule has 1 saturated heterocycles. The second kappa shape index (κ2) is 5.07. The highest BCUT2D eigenvalue weighted by molar-refractivity contribution is 5.78. The van der Waals surface area contributed by atoms with Crippen molar-refractivity contribution in [1.29, 1.82) is 0 Å². The van der Waals surface area contributed by atoms with Crippen LogP contribution in [0.4, 0.5) is 0 Å². The molecule has 1 N–H and O–H groups in total. The number of amides is 1.